The minimum atomic E-state index is -0.673. The molecule has 7 rings (SSSR count). The summed E-state index contributed by atoms with van der Waals surface area (Å²) in [5.41, 5.74) is 3.17. The lowest BCUT2D eigenvalue weighted by Gasteiger charge is -2.38. The van der Waals surface area contributed by atoms with Crippen LogP contribution in [0.2, 0.25) is 0 Å². The van der Waals surface area contributed by atoms with Crippen LogP contribution in [-0.2, 0) is 4.79 Å². The predicted octanol–water partition coefficient (Wildman–Crippen LogP) is 2.20. The van der Waals surface area contributed by atoms with Crippen LogP contribution < -0.4 is 10.9 Å². The van der Waals surface area contributed by atoms with Crippen molar-refractivity contribution in [2.45, 2.75) is 25.9 Å². The van der Waals surface area contributed by atoms with Gasteiger partial charge in [0, 0.05) is 37.2 Å². The van der Waals surface area contributed by atoms with Crippen LogP contribution in [0.5, 0.6) is 0 Å². The topological polar surface area (TPSA) is 153 Å². The molecule has 1 saturated heterocycles. The number of benzene rings is 2. The molecular formula is C34H29N9O4. The van der Waals surface area contributed by atoms with Gasteiger partial charge in [0.2, 0.25) is 5.91 Å². The van der Waals surface area contributed by atoms with Crippen molar-refractivity contribution >= 4 is 28.4 Å². The standard InChI is InChI=1S/C34H29N9O4/c1-21-29(32-35-14-7-15-41(32)39-21)33(46)37-22(2)31-38-27-11-6-8-24(30(27)34(47)43(31)25-9-4-3-5-10-25)13-12-23-16-36-42(17-23)26-18-40(19-26)28(45)20-44/h3-11,14-17,22,26,44H,18-20H2,1-2H3,(H,37,46)/t22-/m0/s1. The summed E-state index contributed by atoms with van der Waals surface area (Å²) in [5.74, 6) is 5.90. The molecular weight excluding hydrogens is 598 g/mol. The van der Waals surface area contributed by atoms with Crippen molar-refractivity contribution in [2.24, 2.45) is 0 Å². The molecule has 2 N–H and O–H groups in total. The highest BCUT2D eigenvalue weighted by Crippen LogP contribution is 2.23. The van der Waals surface area contributed by atoms with E-state index >= 15 is 0 Å². The van der Waals surface area contributed by atoms with Crippen molar-refractivity contribution in [3.63, 3.8) is 0 Å². The van der Waals surface area contributed by atoms with Gasteiger partial charge in [0.05, 0.1) is 46.1 Å². The predicted molar refractivity (Wildman–Crippen MR) is 172 cm³/mol. The Balaban J connectivity index is 1.24. The number of likely N-dealkylation sites (tertiary alicyclic amines) is 1. The van der Waals surface area contributed by atoms with Crippen LogP contribution in [0.25, 0.3) is 22.2 Å². The first-order valence-electron chi connectivity index (χ1n) is 15.0. The molecule has 1 atom stereocenters. The fourth-order valence-corrected chi connectivity index (χ4v) is 5.73. The molecule has 47 heavy (non-hydrogen) atoms. The summed E-state index contributed by atoms with van der Waals surface area (Å²) in [6, 6.07) is 15.5. The van der Waals surface area contributed by atoms with Crippen molar-refractivity contribution in [3.8, 4) is 17.5 Å². The first-order chi connectivity index (χ1) is 22.8. The number of hydrogen-bond donors (Lipinski definition) is 2. The molecule has 0 spiro atoms. The van der Waals surface area contributed by atoms with Crippen LogP contribution in [-0.4, -0.2) is 75.4 Å². The Morgan fingerprint density at radius 3 is 2.68 bits per heavy atom. The average Bonchev–Trinajstić information content (AvgIpc) is 3.66. The molecule has 0 radical (unpaired) electrons. The number of carbonyl (C=O) groups is 2. The molecule has 13 heteroatoms. The Morgan fingerprint density at radius 1 is 1.09 bits per heavy atom. The fraction of sp³-hybridized carbons (Fsp3) is 0.206. The van der Waals surface area contributed by atoms with Crippen LogP contribution in [0.4, 0.5) is 0 Å². The molecule has 0 aliphatic carbocycles. The maximum Gasteiger partial charge on any atom is 0.267 e. The lowest BCUT2D eigenvalue weighted by atomic mass is 10.1. The molecule has 2 amide bonds. The average molecular weight is 628 g/mol. The van der Waals surface area contributed by atoms with E-state index in [2.05, 4.69) is 32.3 Å². The number of nitrogens with zero attached hydrogens (tertiary/aromatic N) is 8. The minimum absolute atomic E-state index is 0.00909. The third kappa shape index (κ3) is 5.40. The Labute approximate surface area is 268 Å². The SMILES string of the molecule is Cc1nn2cccnc2c1C(=O)N[C@@H](C)c1nc2cccc(C#Cc3cnn(C4CN(C(=O)CO)C4)c3)c2c(=O)n1-c1ccccc1. The number of fused-ring (bicyclic) bond motifs is 2. The lowest BCUT2D eigenvalue weighted by Crippen LogP contribution is -2.51. The second-order valence-corrected chi connectivity index (χ2v) is 11.3. The number of carbonyl (C=O) groups excluding carboxylic acids is 2. The van der Waals surface area contributed by atoms with Gasteiger partial charge in [0.1, 0.15) is 18.0 Å². The van der Waals surface area contributed by atoms with E-state index in [1.54, 1.807) is 77.0 Å². The van der Waals surface area contributed by atoms with Gasteiger partial charge in [-0.2, -0.15) is 10.2 Å². The third-order valence-corrected chi connectivity index (χ3v) is 8.14. The van der Waals surface area contributed by atoms with Gasteiger partial charge in [0.15, 0.2) is 5.65 Å². The number of amides is 2. The normalized spacial score (nSPS) is 13.6. The zero-order valence-corrected chi connectivity index (χ0v) is 25.5. The molecule has 1 aliphatic heterocycles. The number of hydrogen-bond acceptors (Lipinski definition) is 8. The molecule has 1 aliphatic rings. The van der Waals surface area contributed by atoms with Crippen LogP contribution in [0.15, 0.2) is 84.2 Å². The molecule has 0 saturated carbocycles. The minimum Gasteiger partial charge on any atom is -0.387 e. The Kier molecular flexibility index (Phi) is 7.55. The third-order valence-electron chi connectivity index (χ3n) is 8.14. The van der Waals surface area contributed by atoms with Crippen molar-refractivity contribution < 1.29 is 14.7 Å². The van der Waals surface area contributed by atoms with E-state index in [4.69, 9.17) is 10.1 Å². The van der Waals surface area contributed by atoms with Gasteiger partial charge in [-0.15, -0.1) is 0 Å². The Morgan fingerprint density at radius 2 is 1.89 bits per heavy atom. The van der Waals surface area contributed by atoms with E-state index in [0.29, 0.717) is 63.5 Å². The van der Waals surface area contributed by atoms with Gasteiger partial charge in [0.25, 0.3) is 11.5 Å². The van der Waals surface area contributed by atoms with E-state index in [9.17, 15) is 14.4 Å². The van der Waals surface area contributed by atoms with Crippen LogP contribution in [0, 0.1) is 18.8 Å². The van der Waals surface area contributed by atoms with Crippen molar-refractivity contribution in [3.05, 3.63) is 118 Å². The fourth-order valence-electron chi connectivity index (χ4n) is 5.73. The van der Waals surface area contributed by atoms with E-state index in [0.717, 1.165) is 0 Å². The zero-order chi connectivity index (χ0) is 32.7. The van der Waals surface area contributed by atoms with Crippen molar-refractivity contribution in [1.29, 1.82) is 0 Å². The van der Waals surface area contributed by atoms with E-state index in [1.807, 2.05) is 30.3 Å². The molecule has 5 heterocycles. The monoisotopic (exact) mass is 627 g/mol. The van der Waals surface area contributed by atoms with Crippen LogP contribution in [0.3, 0.4) is 0 Å². The molecule has 234 valence electrons. The van der Waals surface area contributed by atoms with Gasteiger partial charge in [-0.25, -0.2) is 14.5 Å². The summed E-state index contributed by atoms with van der Waals surface area (Å²) < 4.78 is 4.82. The summed E-state index contributed by atoms with van der Waals surface area (Å²) in [6.45, 7) is 3.96. The number of nitrogens with one attached hydrogen (secondary N) is 1. The first kappa shape index (κ1) is 29.6. The second kappa shape index (κ2) is 12.0. The smallest absolute Gasteiger partial charge is 0.267 e. The summed E-state index contributed by atoms with van der Waals surface area (Å²) in [5, 5.41) is 21.2. The van der Waals surface area contributed by atoms with E-state index in [-0.39, 0.29) is 23.4 Å². The number of aryl methyl sites for hydroxylation is 1. The molecule has 2 aromatic carbocycles. The van der Waals surface area contributed by atoms with E-state index < -0.39 is 12.6 Å². The molecule has 13 nitrogen and oxygen atoms in total. The summed E-state index contributed by atoms with van der Waals surface area (Å²) in [7, 11) is 0. The van der Waals surface area contributed by atoms with Gasteiger partial charge in [-0.05, 0) is 44.2 Å². The van der Waals surface area contributed by atoms with Gasteiger partial charge in [-0.3, -0.25) is 23.6 Å². The zero-order valence-electron chi connectivity index (χ0n) is 25.5. The van der Waals surface area contributed by atoms with Crippen LogP contribution >= 0.6 is 0 Å². The molecule has 0 unspecified atom stereocenters. The number of aliphatic hydroxyl groups excluding tert-OH is 1. The molecule has 1 fully saturated rings. The van der Waals surface area contributed by atoms with Crippen LogP contribution in [0.1, 0.15) is 52.0 Å². The summed E-state index contributed by atoms with van der Waals surface area (Å²) >= 11 is 0. The van der Waals surface area contributed by atoms with Gasteiger partial charge < -0.3 is 15.3 Å². The number of aliphatic hydroxyl groups is 1. The van der Waals surface area contributed by atoms with Crippen molar-refractivity contribution in [1.82, 2.24) is 44.1 Å². The number of rotatable bonds is 6. The molecule has 0 bridgehead atoms. The van der Waals surface area contributed by atoms with Crippen molar-refractivity contribution in [2.75, 3.05) is 19.7 Å². The van der Waals surface area contributed by atoms with E-state index in [1.165, 1.54) is 4.57 Å². The van der Waals surface area contributed by atoms with Gasteiger partial charge in [-0.1, -0.05) is 36.1 Å². The Bertz CT molecular complexity index is 2290. The number of para-hydroxylation sites is 1. The highest BCUT2D eigenvalue weighted by molar-refractivity contribution is 6.01. The number of aromatic nitrogens is 7. The summed E-state index contributed by atoms with van der Waals surface area (Å²) in [4.78, 5) is 50.3. The largest absolute Gasteiger partial charge is 0.387 e. The highest BCUT2D eigenvalue weighted by atomic mass is 16.3. The lowest BCUT2D eigenvalue weighted by molar-refractivity contribution is -0.140. The maximum atomic E-state index is 14.3. The Hall–Kier alpha value is -6.13. The maximum absolute atomic E-state index is 14.3. The van der Waals surface area contributed by atoms with Gasteiger partial charge >= 0.3 is 0 Å². The molecule has 6 aromatic rings. The first-order valence-corrected chi connectivity index (χ1v) is 15.0. The molecule has 4 aromatic heterocycles. The quantitative estimate of drug-likeness (QED) is 0.267. The second-order valence-electron chi connectivity index (χ2n) is 11.3. The highest BCUT2D eigenvalue weighted by Gasteiger charge is 2.32. The summed E-state index contributed by atoms with van der Waals surface area (Å²) in [6.07, 6.45) is 6.77.